The molecule has 3 rings (SSSR count). The zero-order valence-corrected chi connectivity index (χ0v) is 29.1. The van der Waals surface area contributed by atoms with Gasteiger partial charge in [0.2, 0.25) is 0 Å². The van der Waals surface area contributed by atoms with Crippen LogP contribution in [-0.2, 0) is 19.1 Å². The summed E-state index contributed by atoms with van der Waals surface area (Å²) < 4.78 is 11.5. The van der Waals surface area contributed by atoms with Crippen LogP contribution in [0.15, 0.2) is 30.3 Å². The second-order valence-electron chi connectivity index (χ2n) is 15.0. The van der Waals surface area contributed by atoms with Gasteiger partial charge in [-0.1, -0.05) is 58.7 Å². The van der Waals surface area contributed by atoms with E-state index in [1.54, 1.807) is 12.1 Å². The first kappa shape index (κ1) is 38.2. The molecule has 2 heterocycles. The second kappa shape index (κ2) is 17.6. The van der Waals surface area contributed by atoms with Crippen LogP contribution in [0.4, 0.5) is 0 Å². The second-order valence-corrected chi connectivity index (χ2v) is 15.0. The first-order chi connectivity index (χ1) is 20.6. The highest BCUT2D eigenvalue weighted by Gasteiger charge is 2.48. The van der Waals surface area contributed by atoms with Crippen molar-refractivity contribution in [2.45, 2.75) is 149 Å². The van der Waals surface area contributed by atoms with Gasteiger partial charge in [0.25, 0.3) is 0 Å². The minimum atomic E-state index is -0.363. The number of rotatable bonds is 13. The van der Waals surface area contributed by atoms with Crippen LogP contribution in [0.3, 0.4) is 0 Å². The van der Waals surface area contributed by atoms with Crippen molar-refractivity contribution in [3.05, 3.63) is 35.9 Å². The summed E-state index contributed by atoms with van der Waals surface area (Å²) in [6.45, 7) is 20.9. The average molecular weight is 619 g/mol. The fourth-order valence-electron chi connectivity index (χ4n) is 6.25. The van der Waals surface area contributed by atoms with Gasteiger partial charge in [0.15, 0.2) is 0 Å². The lowest BCUT2D eigenvalue weighted by Gasteiger charge is -2.53. The van der Waals surface area contributed by atoms with E-state index in [2.05, 4.69) is 67.6 Å². The van der Waals surface area contributed by atoms with Gasteiger partial charge in [-0.15, -0.1) is 0 Å². The number of aliphatic hydroxyl groups excluding tert-OH is 1. The molecule has 2 saturated heterocycles. The molecule has 0 bridgehead atoms. The van der Waals surface area contributed by atoms with E-state index in [9.17, 15) is 9.59 Å². The minimum Gasteiger partial charge on any atom is -0.462 e. The van der Waals surface area contributed by atoms with E-state index < -0.39 is 0 Å². The summed E-state index contributed by atoms with van der Waals surface area (Å²) in [6.07, 6.45) is 7.94. The van der Waals surface area contributed by atoms with Crippen molar-refractivity contribution < 1.29 is 29.0 Å². The summed E-state index contributed by atoms with van der Waals surface area (Å²) in [7, 11) is 0. The van der Waals surface area contributed by atoms with Crippen LogP contribution in [0.2, 0.25) is 0 Å². The number of benzene rings is 1. The van der Waals surface area contributed by atoms with Crippen LogP contribution in [-0.4, -0.2) is 71.2 Å². The quantitative estimate of drug-likeness (QED) is 0.226. The predicted molar refractivity (Wildman–Crippen MR) is 176 cm³/mol. The van der Waals surface area contributed by atoms with E-state index in [1.165, 1.54) is 25.7 Å². The van der Waals surface area contributed by atoms with Crippen molar-refractivity contribution in [1.29, 1.82) is 0 Å². The molecule has 0 radical (unpaired) electrons. The molecule has 44 heavy (non-hydrogen) atoms. The summed E-state index contributed by atoms with van der Waals surface area (Å²) in [5, 5.41) is 14.1. The number of nitrogens with zero attached hydrogens (tertiary/aromatic N) is 1. The van der Waals surface area contributed by atoms with Crippen molar-refractivity contribution in [2.24, 2.45) is 11.3 Å². The molecule has 0 aromatic heterocycles. The van der Waals surface area contributed by atoms with Gasteiger partial charge in [-0.2, -0.15) is 5.06 Å². The van der Waals surface area contributed by atoms with E-state index in [1.807, 2.05) is 23.3 Å². The summed E-state index contributed by atoms with van der Waals surface area (Å²) >= 11 is 0. The molecule has 1 aromatic rings. The summed E-state index contributed by atoms with van der Waals surface area (Å²) in [4.78, 5) is 30.9. The fraction of sp³-hybridized carbons (Fsp3) is 0.778. The van der Waals surface area contributed by atoms with Crippen molar-refractivity contribution in [2.75, 3.05) is 19.8 Å². The molecule has 8 heteroatoms. The van der Waals surface area contributed by atoms with Gasteiger partial charge >= 0.3 is 11.9 Å². The molecular weight excluding hydrogens is 556 g/mol. The SMILES string of the molecule is CC1CC(OC(=O)CCON2C(C)(C)CC(OC(=O)c3ccccc3)CC2(C)C)CCN1.CCC(C)(C)CCCC(C)CO. The number of piperidine rings is 2. The Labute approximate surface area is 267 Å². The van der Waals surface area contributed by atoms with Crippen molar-refractivity contribution >= 4 is 11.9 Å². The van der Waals surface area contributed by atoms with E-state index in [4.69, 9.17) is 19.4 Å². The molecule has 8 nitrogen and oxygen atoms in total. The highest BCUT2D eigenvalue weighted by molar-refractivity contribution is 5.89. The molecule has 3 atom stereocenters. The number of ether oxygens (including phenoxy) is 2. The number of nitrogens with one attached hydrogen (secondary N) is 1. The highest BCUT2D eigenvalue weighted by atomic mass is 16.7. The third-order valence-electron chi connectivity index (χ3n) is 9.06. The largest absolute Gasteiger partial charge is 0.462 e. The van der Waals surface area contributed by atoms with Crippen molar-refractivity contribution in [1.82, 2.24) is 10.4 Å². The van der Waals surface area contributed by atoms with Crippen molar-refractivity contribution in [3.63, 3.8) is 0 Å². The van der Waals surface area contributed by atoms with Crippen LogP contribution in [0, 0.1) is 11.3 Å². The first-order valence-corrected chi connectivity index (χ1v) is 16.8. The Morgan fingerprint density at radius 2 is 1.70 bits per heavy atom. The molecular formula is C36H62N2O6. The Hall–Kier alpha value is -2.00. The molecule has 0 aliphatic carbocycles. The third kappa shape index (κ3) is 13.2. The molecule has 0 amide bonds. The number of hydrogen-bond acceptors (Lipinski definition) is 8. The molecule has 0 spiro atoms. The maximum absolute atomic E-state index is 12.5. The van der Waals surface area contributed by atoms with E-state index >= 15 is 0 Å². The molecule has 0 saturated carbocycles. The van der Waals surface area contributed by atoms with E-state index in [-0.39, 0.29) is 48.3 Å². The maximum Gasteiger partial charge on any atom is 0.338 e. The third-order valence-corrected chi connectivity index (χ3v) is 9.06. The topological polar surface area (TPSA) is 97.3 Å². The number of carbonyl (C=O) groups is 2. The molecule has 3 unspecified atom stereocenters. The Bertz CT molecular complexity index is 978. The number of hydroxylamine groups is 2. The Kier molecular flexibility index (Phi) is 15.3. The Morgan fingerprint density at radius 1 is 1.07 bits per heavy atom. The zero-order valence-electron chi connectivity index (χ0n) is 29.1. The molecule has 2 N–H and O–H groups in total. The monoisotopic (exact) mass is 618 g/mol. The number of carbonyl (C=O) groups excluding carboxylic acids is 2. The van der Waals surface area contributed by atoms with E-state index in [0.717, 1.165) is 19.4 Å². The Balaban J connectivity index is 0.000000477. The van der Waals surface area contributed by atoms with Gasteiger partial charge in [0.05, 0.1) is 18.6 Å². The lowest BCUT2D eigenvalue weighted by Crippen LogP contribution is -2.62. The number of hydrogen-bond donors (Lipinski definition) is 2. The highest BCUT2D eigenvalue weighted by Crippen LogP contribution is 2.40. The van der Waals surface area contributed by atoms with Crippen LogP contribution in [0.1, 0.15) is 130 Å². The Morgan fingerprint density at radius 3 is 2.27 bits per heavy atom. The standard InChI is InChI=1S/C25H38N2O5.C11H24O/c1-18-15-20(11-13-26-18)31-22(28)12-14-30-27-24(2,3)16-21(17-25(27,4)5)32-23(29)19-9-7-6-8-10-19;1-5-11(3,4)8-6-7-10(2)9-12/h6-10,18,20-21,26H,11-17H2,1-5H3;10,12H,5-9H2,1-4H3. The van der Waals surface area contributed by atoms with Crippen LogP contribution in [0.25, 0.3) is 0 Å². The van der Waals surface area contributed by atoms with E-state index in [0.29, 0.717) is 42.4 Å². The summed E-state index contributed by atoms with van der Waals surface area (Å²) in [5.41, 5.74) is 0.327. The van der Waals surface area contributed by atoms with Crippen LogP contribution in [0.5, 0.6) is 0 Å². The van der Waals surface area contributed by atoms with Crippen molar-refractivity contribution in [3.8, 4) is 0 Å². The predicted octanol–water partition coefficient (Wildman–Crippen LogP) is 7.09. The van der Waals surface area contributed by atoms with Gasteiger partial charge < -0.3 is 19.9 Å². The lowest BCUT2D eigenvalue weighted by molar-refractivity contribution is -0.292. The zero-order chi connectivity index (χ0) is 33.0. The van der Waals surface area contributed by atoms with Gasteiger partial charge in [-0.3, -0.25) is 9.63 Å². The lowest BCUT2D eigenvalue weighted by atomic mass is 9.80. The normalized spacial score (nSPS) is 22.8. The number of esters is 2. The first-order valence-electron chi connectivity index (χ1n) is 16.8. The van der Waals surface area contributed by atoms with Crippen LogP contribution >= 0.6 is 0 Å². The summed E-state index contributed by atoms with van der Waals surface area (Å²) in [5.74, 6) is -0.0319. The molecule has 252 valence electrons. The van der Waals surface area contributed by atoms with Gasteiger partial charge in [-0.25, -0.2) is 4.79 Å². The fourth-order valence-corrected chi connectivity index (χ4v) is 6.25. The maximum atomic E-state index is 12.5. The minimum absolute atomic E-state index is 0.0123. The molecule has 1 aromatic carbocycles. The summed E-state index contributed by atoms with van der Waals surface area (Å²) in [6, 6.07) is 9.44. The molecule has 2 aliphatic heterocycles. The molecule has 2 aliphatic rings. The number of aliphatic hydroxyl groups is 1. The molecule has 2 fully saturated rings. The van der Waals surface area contributed by atoms with Gasteiger partial charge in [-0.05, 0) is 90.3 Å². The van der Waals surface area contributed by atoms with Gasteiger partial charge in [0.1, 0.15) is 12.2 Å². The van der Waals surface area contributed by atoms with Gasteiger partial charge in [0, 0.05) is 36.6 Å². The average Bonchev–Trinajstić information content (AvgIpc) is 2.94. The van der Waals surface area contributed by atoms with Crippen LogP contribution < -0.4 is 5.32 Å². The smallest absolute Gasteiger partial charge is 0.338 e.